The molecule has 0 spiro atoms. The molecule has 0 amide bonds. The maximum Gasteiger partial charge on any atom is 0.222 e. The Morgan fingerprint density at radius 3 is 2.92 bits per heavy atom. The number of hydrogen-bond acceptors (Lipinski definition) is 6. The summed E-state index contributed by atoms with van der Waals surface area (Å²) in [5, 5.41) is 9.57. The standard InChI is InChI=1S/C17H18ClN5O/c1-11-7-16(22-17(20)21-11)23-5-2-6-24-10-15(23)13-4-3-12(9-19)8-14(13)18/h3-4,7-8,15H,2,5-6,10H2,1H3,(H2,20,21,22)/t15-/m0/s1. The molecule has 0 radical (unpaired) electrons. The maximum atomic E-state index is 9.02. The SMILES string of the molecule is Cc1cc(N2CCCOC[C@H]2c2ccc(C#N)cc2Cl)nc(N)n1. The molecule has 2 N–H and O–H groups in total. The molecule has 24 heavy (non-hydrogen) atoms. The van der Waals surface area contributed by atoms with Gasteiger partial charge in [-0.05, 0) is 31.0 Å². The highest BCUT2D eigenvalue weighted by molar-refractivity contribution is 6.31. The monoisotopic (exact) mass is 343 g/mol. The second kappa shape index (κ2) is 7.04. The number of ether oxygens (including phenoxy) is 1. The summed E-state index contributed by atoms with van der Waals surface area (Å²) in [7, 11) is 0. The number of halogens is 1. The molecule has 0 saturated carbocycles. The first-order valence-corrected chi connectivity index (χ1v) is 8.11. The number of anilines is 2. The van der Waals surface area contributed by atoms with Gasteiger partial charge in [-0.1, -0.05) is 17.7 Å². The van der Waals surface area contributed by atoms with Crippen molar-refractivity contribution in [3.05, 3.63) is 46.1 Å². The van der Waals surface area contributed by atoms with Crippen LogP contribution in [-0.4, -0.2) is 29.7 Å². The van der Waals surface area contributed by atoms with Crippen LogP contribution >= 0.6 is 11.6 Å². The van der Waals surface area contributed by atoms with E-state index >= 15 is 0 Å². The molecule has 124 valence electrons. The van der Waals surface area contributed by atoms with E-state index in [1.807, 2.05) is 19.1 Å². The largest absolute Gasteiger partial charge is 0.379 e. The van der Waals surface area contributed by atoms with Crippen molar-refractivity contribution in [3.63, 3.8) is 0 Å². The fourth-order valence-electron chi connectivity index (χ4n) is 2.90. The summed E-state index contributed by atoms with van der Waals surface area (Å²) in [5.41, 5.74) is 8.07. The lowest BCUT2D eigenvalue weighted by atomic mass is 10.0. The van der Waals surface area contributed by atoms with Gasteiger partial charge in [0.1, 0.15) is 5.82 Å². The van der Waals surface area contributed by atoms with E-state index in [9.17, 15) is 0 Å². The highest BCUT2D eigenvalue weighted by atomic mass is 35.5. The topological polar surface area (TPSA) is 88.1 Å². The van der Waals surface area contributed by atoms with E-state index in [-0.39, 0.29) is 12.0 Å². The Morgan fingerprint density at radius 2 is 2.21 bits per heavy atom. The molecule has 3 rings (SSSR count). The number of aryl methyl sites for hydroxylation is 1. The summed E-state index contributed by atoms with van der Waals surface area (Å²) in [6.07, 6.45) is 0.882. The Kier molecular flexibility index (Phi) is 4.84. The third kappa shape index (κ3) is 3.42. The minimum absolute atomic E-state index is 0.0959. The molecule has 1 saturated heterocycles. The van der Waals surface area contributed by atoms with Gasteiger partial charge in [0, 0.05) is 29.9 Å². The van der Waals surface area contributed by atoms with Crippen molar-refractivity contribution >= 4 is 23.4 Å². The normalized spacial score (nSPS) is 18.0. The first-order chi connectivity index (χ1) is 11.6. The molecule has 1 aromatic heterocycles. The lowest BCUT2D eigenvalue weighted by Crippen LogP contribution is -2.32. The van der Waals surface area contributed by atoms with Crippen LogP contribution in [0.25, 0.3) is 0 Å². The summed E-state index contributed by atoms with van der Waals surface area (Å²) >= 11 is 6.42. The maximum absolute atomic E-state index is 9.02. The molecule has 0 unspecified atom stereocenters. The van der Waals surface area contributed by atoms with Gasteiger partial charge < -0.3 is 15.4 Å². The minimum Gasteiger partial charge on any atom is -0.379 e. The van der Waals surface area contributed by atoms with Crippen LogP contribution in [0.3, 0.4) is 0 Å². The van der Waals surface area contributed by atoms with Gasteiger partial charge in [-0.3, -0.25) is 0 Å². The van der Waals surface area contributed by atoms with E-state index in [0.29, 0.717) is 23.8 Å². The Hall–Kier alpha value is -2.36. The molecule has 7 heteroatoms. The summed E-state index contributed by atoms with van der Waals surface area (Å²) in [6, 6.07) is 9.24. The van der Waals surface area contributed by atoms with Crippen molar-refractivity contribution in [1.82, 2.24) is 9.97 Å². The van der Waals surface area contributed by atoms with Gasteiger partial charge in [0.25, 0.3) is 0 Å². The van der Waals surface area contributed by atoms with Crippen LogP contribution in [-0.2, 0) is 4.74 Å². The van der Waals surface area contributed by atoms with Gasteiger partial charge >= 0.3 is 0 Å². The van der Waals surface area contributed by atoms with Crippen molar-refractivity contribution < 1.29 is 4.74 Å². The lowest BCUT2D eigenvalue weighted by Gasteiger charge is -2.31. The van der Waals surface area contributed by atoms with Crippen molar-refractivity contribution in [3.8, 4) is 6.07 Å². The molecule has 0 bridgehead atoms. The zero-order valence-corrected chi connectivity index (χ0v) is 14.1. The zero-order valence-electron chi connectivity index (χ0n) is 13.4. The van der Waals surface area contributed by atoms with Crippen molar-refractivity contribution in [2.75, 3.05) is 30.4 Å². The Balaban J connectivity index is 2.03. The molecular formula is C17H18ClN5O. The minimum atomic E-state index is -0.0959. The van der Waals surface area contributed by atoms with Gasteiger partial charge in [0.2, 0.25) is 5.95 Å². The van der Waals surface area contributed by atoms with Gasteiger partial charge in [-0.25, -0.2) is 4.98 Å². The second-order valence-corrected chi connectivity index (χ2v) is 6.12. The van der Waals surface area contributed by atoms with Gasteiger partial charge in [0.05, 0.1) is 24.3 Å². The summed E-state index contributed by atoms with van der Waals surface area (Å²) in [6.45, 7) is 3.84. The summed E-state index contributed by atoms with van der Waals surface area (Å²) in [4.78, 5) is 10.7. The number of rotatable bonds is 2. The smallest absolute Gasteiger partial charge is 0.222 e. The van der Waals surface area contributed by atoms with Crippen molar-refractivity contribution in [1.29, 1.82) is 5.26 Å². The number of nitriles is 1. The molecule has 1 aliphatic heterocycles. The first-order valence-electron chi connectivity index (χ1n) is 7.73. The number of hydrogen-bond donors (Lipinski definition) is 1. The molecule has 2 aromatic rings. The van der Waals surface area contributed by atoms with Crippen LogP contribution in [0.15, 0.2) is 24.3 Å². The third-order valence-corrected chi connectivity index (χ3v) is 4.31. The Morgan fingerprint density at radius 1 is 1.38 bits per heavy atom. The summed E-state index contributed by atoms with van der Waals surface area (Å²) in [5.74, 6) is 1.01. The molecule has 0 aliphatic carbocycles. The highest BCUT2D eigenvalue weighted by Gasteiger charge is 2.27. The first kappa shape index (κ1) is 16.5. The number of nitrogens with two attached hydrogens (primary N) is 1. The van der Waals surface area contributed by atoms with Crippen molar-refractivity contribution in [2.45, 2.75) is 19.4 Å². The van der Waals surface area contributed by atoms with Crippen LogP contribution in [0.1, 0.15) is 29.3 Å². The van der Waals surface area contributed by atoms with Gasteiger partial charge in [0.15, 0.2) is 0 Å². The van der Waals surface area contributed by atoms with E-state index < -0.39 is 0 Å². The quantitative estimate of drug-likeness (QED) is 0.902. The fraction of sp³-hybridized carbons (Fsp3) is 0.353. The van der Waals surface area contributed by atoms with Crippen LogP contribution in [0.4, 0.5) is 11.8 Å². The highest BCUT2D eigenvalue weighted by Crippen LogP contribution is 2.33. The number of nitrogen functional groups attached to an aromatic ring is 1. The predicted octanol–water partition coefficient (Wildman–Crippen LogP) is 2.86. The molecule has 2 heterocycles. The average Bonchev–Trinajstić information content (AvgIpc) is 2.79. The number of aromatic nitrogens is 2. The van der Waals surface area contributed by atoms with E-state index in [1.165, 1.54) is 0 Å². The van der Waals surface area contributed by atoms with Crippen LogP contribution in [0.5, 0.6) is 0 Å². The number of benzene rings is 1. The number of nitrogens with zero attached hydrogens (tertiary/aromatic N) is 4. The summed E-state index contributed by atoms with van der Waals surface area (Å²) < 4.78 is 5.75. The van der Waals surface area contributed by atoms with Crippen LogP contribution in [0.2, 0.25) is 5.02 Å². The Labute approximate surface area is 145 Å². The Bertz CT molecular complexity index is 769. The second-order valence-electron chi connectivity index (χ2n) is 5.71. The fourth-order valence-corrected chi connectivity index (χ4v) is 3.20. The van der Waals surface area contributed by atoms with Crippen LogP contribution in [0, 0.1) is 18.3 Å². The molecule has 6 nitrogen and oxygen atoms in total. The zero-order chi connectivity index (χ0) is 17.1. The average molecular weight is 344 g/mol. The van der Waals surface area contributed by atoms with E-state index in [1.54, 1.807) is 12.1 Å². The van der Waals surface area contributed by atoms with Crippen LogP contribution < -0.4 is 10.6 Å². The third-order valence-electron chi connectivity index (χ3n) is 3.98. The van der Waals surface area contributed by atoms with Gasteiger partial charge in [-0.2, -0.15) is 10.2 Å². The van der Waals surface area contributed by atoms with Crippen molar-refractivity contribution in [2.24, 2.45) is 0 Å². The van der Waals surface area contributed by atoms with E-state index in [2.05, 4.69) is 20.9 Å². The molecule has 1 atom stereocenters. The molecule has 1 aliphatic rings. The molecular weight excluding hydrogens is 326 g/mol. The van der Waals surface area contributed by atoms with E-state index in [0.717, 1.165) is 30.0 Å². The van der Waals surface area contributed by atoms with E-state index in [4.69, 9.17) is 27.3 Å². The molecule has 1 fully saturated rings. The predicted molar refractivity (Wildman–Crippen MR) is 92.9 cm³/mol. The molecule has 1 aromatic carbocycles. The lowest BCUT2D eigenvalue weighted by molar-refractivity contribution is 0.134. The van der Waals surface area contributed by atoms with Gasteiger partial charge in [-0.15, -0.1) is 0 Å².